The molecular formula is C13H22BrNO2. The van der Waals surface area contributed by atoms with Crippen LogP contribution in [0.25, 0.3) is 0 Å². The van der Waals surface area contributed by atoms with Gasteiger partial charge in [0.1, 0.15) is 0 Å². The van der Waals surface area contributed by atoms with E-state index in [9.17, 15) is 9.59 Å². The van der Waals surface area contributed by atoms with E-state index < -0.39 is 4.83 Å². The standard InChI is InChI=1S/C13H22BrNO2/c1-9(2)7-8-15(13(4,5)6)12(17)11(14)10(3)16/h7,11H,8H2,1-6H3. The molecule has 0 heterocycles. The van der Waals surface area contributed by atoms with Crippen LogP contribution in [-0.4, -0.2) is 33.5 Å². The second kappa shape index (κ2) is 6.34. The summed E-state index contributed by atoms with van der Waals surface area (Å²) in [5.74, 6) is -0.344. The molecule has 17 heavy (non-hydrogen) atoms. The predicted molar refractivity (Wildman–Crippen MR) is 74.3 cm³/mol. The van der Waals surface area contributed by atoms with Gasteiger partial charge in [-0.3, -0.25) is 9.59 Å². The maximum Gasteiger partial charge on any atom is 0.244 e. The number of ketones is 1. The lowest BCUT2D eigenvalue weighted by Crippen LogP contribution is -2.50. The van der Waals surface area contributed by atoms with Gasteiger partial charge in [-0.25, -0.2) is 0 Å². The number of alkyl halides is 1. The number of nitrogens with zero attached hydrogens (tertiary/aromatic N) is 1. The molecule has 0 aromatic carbocycles. The number of amides is 1. The normalized spacial score (nSPS) is 12.9. The molecule has 0 rings (SSSR count). The Hall–Kier alpha value is -0.640. The summed E-state index contributed by atoms with van der Waals surface area (Å²) in [5, 5.41) is 0. The first-order valence-corrected chi connectivity index (χ1v) is 6.58. The van der Waals surface area contributed by atoms with E-state index in [2.05, 4.69) is 15.9 Å². The molecule has 0 spiro atoms. The smallest absolute Gasteiger partial charge is 0.244 e. The van der Waals surface area contributed by atoms with Gasteiger partial charge in [-0.2, -0.15) is 0 Å². The Morgan fingerprint density at radius 1 is 1.24 bits per heavy atom. The first kappa shape index (κ1) is 16.4. The van der Waals surface area contributed by atoms with Crippen LogP contribution in [0.2, 0.25) is 0 Å². The third kappa shape index (κ3) is 5.48. The van der Waals surface area contributed by atoms with E-state index in [1.165, 1.54) is 6.92 Å². The van der Waals surface area contributed by atoms with Gasteiger partial charge in [-0.05, 0) is 41.5 Å². The van der Waals surface area contributed by atoms with Gasteiger partial charge in [-0.15, -0.1) is 0 Å². The van der Waals surface area contributed by atoms with Crippen LogP contribution >= 0.6 is 15.9 Å². The molecule has 3 nitrogen and oxygen atoms in total. The number of rotatable bonds is 4. The lowest BCUT2D eigenvalue weighted by atomic mass is 10.0. The molecular weight excluding hydrogens is 282 g/mol. The van der Waals surface area contributed by atoms with E-state index in [1.807, 2.05) is 40.7 Å². The third-order valence-electron chi connectivity index (χ3n) is 2.33. The molecule has 0 N–H and O–H groups in total. The fourth-order valence-electron chi connectivity index (χ4n) is 1.28. The summed E-state index contributed by atoms with van der Waals surface area (Å²) in [5.41, 5.74) is 0.853. The average Bonchev–Trinajstić information content (AvgIpc) is 2.13. The molecule has 0 saturated heterocycles. The minimum Gasteiger partial charge on any atom is -0.333 e. The van der Waals surface area contributed by atoms with Gasteiger partial charge in [0.25, 0.3) is 0 Å². The summed E-state index contributed by atoms with van der Waals surface area (Å²) in [6.45, 7) is 11.8. The molecule has 0 aromatic heterocycles. The highest BCUT2D eigenvalue weighted by molar-refractivity contribution is 9.10. The second-order valence-electron chi connectivity index (χ2n) is 5.37. The van der Waals surface area contributed by atoms with Crippen molar-refractivity contribution in [2.24, 2.45) is 0 Å². The minimum atomic E-state index is -0.743. The van der Waals surface area contributed by atoms with E-state index in [-0.39, 0.29) is 17.2 Å². The Bertz CT molecular complexity index is 325. The number of halogens is 1. The Kier molecular flexibility index (Phi) is 6.10. The van der Waals surface area contributed by atoms with Crippen LogP contribution in [0, 0.1) is 0 Å². The van der Waals surface area contributed by atoms with Crippen LogP contribution < -0.4 is 0 Å². The number of hydrogen-bond acceptors (Lipinski definition) is 2. The first-order valence-electron chi connectivity index (χ1n) is 5.66. The summed E-state index contributed by atoms with van der Waals surface area (Å²) >= 11 is 3.15. The van der Waals surface area contributed by atoms with Gasteiger partial charge in [0.2, 0.25) is 5.91 Å². The van der Waals surface area contributed by atoms with Crippen LogP contribution in [-0.2, 0) is 9.59 Å². The molecule has 0 saturated carbocycles. The van der Waals surface area contributed by atoms with Crippen molar-refractivity contribution >= 4 is 27.6 Å². The Balaban J connectivity index is 5.01. The highest BCUT2D eigenvalue weighted by Crippen LogP contribution is 2.18. The molecule has 1 atom stereocenters. The molecule has 0 aromatic rings. The molecule has 0 aliphatic carbocycles. The Morgan fingerprint density at radius 3 is 2.00 bits per heavy atom. The fourth-order valence-corrected chi connectivity index (χ4v) is 1.53. The molecule has 0 fully saturated rings. The van der Waals surface area contributed by atoms with Gasteiger partial charge in [0.15, 0.2) is 10.6 Å². The van der Waals surface area contributed by atoms with E-state index in [1.54, 1.807) is 4.90 Å². The lowest BCUT2D eigenvalue weighted by Gasteiger charge is -2.36. The van der Waals surface area contributed by atoms with Crippen LogP contribution in [0.15, 0.2) is 11.6 Å². The average molecular weight is 304 g/mol. The third-order valence-corrected chi connectivity index (χ3v) is 3.37. The number of carbonyl (C=O) groups is 2. The zero-order valence-corrected chi connectivity index (χ0v) is 13.1. The summed E-state index contributed by atoms with van der Waals surface area (Å²) in [4.78, 5) is 24.4. The highest BCUT2D eigenvalue weighted by Gasteiger charge is 2.31. The van der Waals surface area contributed by atoms with Crippen LogP contribution in [0.3, 0.4) is 0 Å². The fraction of sp³-hybridized carbons (Fsp3) is 0.692. The molecule has 1 amide bonds. The van der Waals surface area contributed by atoms with Gasteiger partial charge < -0.3 is 4.90 Å². The van der Waals surface area contributed by atoms with Gasteiger partial charge in [-0.1, -0.05) is 27.6 Å². The van der Waals surface area contributed by atoms with Crippen molar-refractivity contribution in [3.05, 3.63) is 11.6 Å². The van der Waals surface area contributed by atoms with Crippen molar-refractivity contribution in [1.29, 1.82) is 0 Å². The van der Waals surface area contributed by atoms with Gasteiger partial charge in [0.05, 0.1) is 0 Å². The van der Waals surface area contributed by atoms with E-state index in [0.29, 0.717) is 6.54 Å². The first-order chi connectivity index (χ1) is 7.57. The van der Waals surface area contributed by atoms with Gasteiger partial charge in [0, 0.05) is 12.1 Å². The van der Waals surface area contributed by atoms with Crippen LogP contribution in [0.5, 0.6) is 0 Å². The zero-order chi connectivity index (χ0) is 13.8. The number of hydrogen-bond donors (Lipinski definition) is 0. The maximum atomic E-state index is 12.2. The molecule has 0 aliphatic rings. The SMILES string of the molecule is CC(=O)C(Br)C(=O)N(CC=C(C)C)C(C)(C)C. The molecule has 0 aliphatic heterocycles. The topological polar surface area (TPSA) is 37.4 Å². The Morgan fingerprint density at radius 2 is 1.71 bits per heavy atom. The van der Waals surface area contributed by atoms with Crippen molar-refractivity contribution < 1.29 is 9.59 Å². The monoisotopic (exact) mass is 303 g/mol. The minimum absolute atomic E-state index is 0.165. The summed E-state index contributed by atoms with van der Waals surface area (Å²) in [6, 6.07) is 0. The van der Waals surface area contributed by atoms with E-state index >= 15 is 0 Å². The Labute approximate surface area is 112 Å². The number of allylic oxidation sites excluding steroid dienone is 1. The summed E-state index contributed by atoms with van der Waals surface area (Å²) in [7, 11) is 0. The molecule has 0 bridgehead atoms. The quantitative estimate of drug-likeness (QED) is 0.455. The van der Waals surface area contributed by atoms with Crippen LogP contribution in [0.1, 0.15) is 41.5 Å². The zero-order valence-electron chi connectivity index (χ0n) is 11.5. The van der Waals surface area contributed by atoms with Gasteiger partial charge >= 0.3 is 0 Å². The molecule has 98 valence electrons. The molecule has 1 unspecified atom stereocenters. The van der Waals surface area contributed by atoms with E-state index in [0.717, 1.165) is 5.57 Å². The lowest BCUT2D eigenvalue weighted by molar-refractivity contribution is -0.137. The molecule has 4 heteroatoms. The van der Waals surface area contributed by atoms with Crippen molar-refractivity contribution in [2.75, 3.05) is 6.54 Å². The summed E-state index contributed by atoms with van der Waals surface area (Å²) in [6.07, 6.45) is 1.99. The number of carbonyl (C=O) groups excluding carboxylic acids is 2. The highest BCUT2D eigenvalue weighted by atomic mass is 79.9. The van der Waals surface area contributed by atoms with Crippen molar-refractivity contribution in [2.45, 2.75) is 51.9 Å². The largest absolute Gasteiger partial charge is 0.333 e. The van der Waals surface area contributed by atoms with E-state index in [4.69, 9.17) is 0 Å². The number of Topliss-reactive ketones (excluding diaryl/α,β-unsaturated/α-hetero) is 1. The summed E-state index contributed by atoms with van der Waals surface area (Å²) < 4.78 is 0. The van der Waals surface area contributed by atoms with Crippen molar-refractivity contribution in [3.8, 4) is 0 Å². The maximum absolute atomic E-state index is 12.2. The van der Waals surface area contributed by atoms with Crippen LogP contribution in [0.4, 0.5) is 0 Å². The van der Waals surface area contributed by atoms with Crippen molar-refractivity contribution in [3.63, 3.8) is 0 Å². The molecule has 0 radical (unpaired) electrons. The second-order valence-corrected chi connectivity index (χ2v) is 6.29. The van der Waals surface area contributed by atoms with Crippen molar-refractivity contribution in [1.82, 2.24) is 4.90 Å². The predicted octanol–water partition coefficient (Wildman–Crippen LogP) is 2.93.